The van der Waals surface area contributed by atoms with Gasteiger partial charge in [0.05, 0.1) is 12.5 Å². The Bertz CT molecular complexity index is 436. The molecule has 0 saturated carbocycles. The van der Waals surface area contributed by atoms with E-state index >= 15 is 0 Å². The van der Waals surface area contributed by atoms with Crippen molar-refractivity contribution in [1.29, 1.82) is 0 Å². The van der Waals surface area contributed by atoms with Crippen LogP contribution in [0.1, 0.15) is 16.2 Å². The van der Waals surface area contributed by atoms with E-state index in [2.05, 4.69) is 9.97 Å². The van der Waals surface area contributed by atoms with E-state index in [9.17, 15) is 4.79 Å². The number of hydrogen-bond acceptors (Lipinski definition) is 3. The number of aromatic nitrogens is 3. The van der Waals surface area contributed by atoms with Gasteiger partial charge in [-0.15, -0.1) is 0 Å². The highest BCUT2D eigenvalue weighted by atomic mass is 16.1. The van der Waals surface area contributed by atoms with Gasteiger partial charge < -0.3 is 4.57 Å². The fourth-order valence-corrected chi connectivity index (χ4v) is 1.40. The largest absolute Gasteiger partial charge is 0.328 e. The van der Waals surface area contributed by atoms with Crippen molar-refractivity contribution >= 4 is 6.29 Å². The Labute approximate surface area is 87.6 Å². The first kappa shape index (κ1) is 9.58. The fraction of sp³-hybridized carbons (Fsp3) is 0.182. The fourth-order valence-electron chi connectivity index (χ4n) is 1.40. The number of imidazole rings is 1. The van der Waals surface area contributed by atoms with Crippen LogP contribution in [0.25, 0.3) is 0 Å². The second-order valence-corrected chi connectivity index (χ2v) is 3.20. The summed E-state index contributed by atoms with van der Waals surface area (Å²) in [6, 6.07) is 5.81. The maximum absolute atomic E-state index is 10.6. The van der Waals surface area contributed by atoms with E-state index in [0.29, 0.717) is 5.69 Å². The summed E-state index contributed by atoms with van der Waals surface area (Å²) in [5.41, 5.74) is 1.62. The Hall–Kier alpha value is -1.97. The Morgan fingerprint density at radius 3 is 3.07 bits per heavy atom. The van der Waals surface area contributed by atoms with E-state index in [-0.39, 0.29) is 0 Å². The van der Waals surface area contributed by atoms with Gasteiger partial charge in [-0.3, -0.25) is 9.78 Å². The molecule has 0 aromatic carbocycles. The molecule has 4 nitrogen and oxygen atoms in total. The molecule has 0 aliphatic heterocycles. The van der Waals surface area contributed by atoms with Gasteiger partial charge >= 0.3 is 0 Å². The monoisotopic (exact) mass is 201 g/mol. The molecule has 0 aliphatic rings. The topological polar surface area (TPSA) is 47.8 Å². The predicted octanol–water partition coefficient (Wildman–Crippen LogP) is 1.33. The normalized spacial score (nSPS) is 10.1. The summed E-state index contributed by atoms with van der Waals surface area (Å²) < 4.78 is 1.82. The molecule has 0 atom stereocenters. The summed E-state index contributed by atoms with van der Waals surface area (Å²) in [4.78, 5) is 18.8. The molecule has 0 N–H and O–H groups in total. The number of aryl methyl sites for hydroxylation is 2. The van der Waals surface area contributed by atoms with Crippen LogP contribution in [-0.4, -0.2) is 20.8 Å². The van der Waals surface area contributed by atoms with Gasteiger partial charge in [0, 0.05) is 24.9 Å². The summed E-state index contributed by atoms with van der Waals surface area (Å²) in [6.07, 6.45) is 6.60. The highest BCUT2D eigenvalue weighted by molar-refractivity contribution is 5.71. The molecular weight excluding hydrogens is 190 g/mol. The van der Waals surface area contributed by atoms with Gasteiger partial charge in [0.2, 0.25) is 0 Å². The number of rotatable bonds is 4. The second-order valence-electron chi connectivity index (χ2n) is 3.20. The number of hydrogen-bond donors (Lipinski definition) is 0. The van der Waals surface area contributed by atoms with Gasteiger partial charge in [0.15, 0.2) is 6.29 Å². The molecule has 0 amide bonds. The van der Waals surface area contributed by atoms with Gasteiger partial charge in [-0.05, 0) is 12.1 Å². The highest BCUT2D eigenvalue weighted by Gasteiger charge is 2.00. The first-order chi connectivity index (χ1) is 7.40. The van der Waals surface area contributed by atoms with Crippen LogP contribution in [0.15, 0.2) is 36.9 Å². The maximum Gasteiger partial charge on any atom is 0.168 e. The van der Waals surface area contributed by atoms with E-state index in [4.69, 9.17) is 0 Å². The van der Waals surface area contributed by atoms with Crippen molar-refractivity contribution in [3.63, 3.8) is 0 Å². The molecule has 2 aromatic heterocycles. The number of carbonyl (C=O) groups is 1. The zero-order chi connectivity index (χ0) is 10.5. The second kappa shape index (κ2) is 4.50. The molecule has 4 heteroatoms. The van der Waals surface area contributed by atoms with Crippen LogP contribution in [0.3, 0.4) is 0 Å². The molecule has 0 bridgehead atoms. The molecule has 2 heterocycles. The summed E-state index contributed by atoms with van der Waals surface area (Å²) in [5, 5.41) is 0. The van der Waals surface area contributed by atoms with Crippen molar-refractivity contribution in [1.82, 2.24) is 14.5 Å². The molecule has 2 rings (SSSR count). The number of pyridine rings is 1. The van der Waals surface area contributed by atoms with Crippen LogP contribution >= 0.6 is 0 Å². The third-order valence-electron chi connectivity index (χ3n) is 2.20. The van der Waals surface area contributed by atoms with Crippen LogP contribution in [0.4, 0.5) is 0 Å². The van der Waals surface area contributed by atoms with Crippen LogP contribution in [-0.2, 0) is 13.0 Å². The van der Waals surface area contributed by atoms with Gasteiger partial charge in [0.1, 0.15) is 5.69 Å². The van der Waals surface area contributed by atoms with Crippen molar-refractivity contribution in [3.05, 3.63) is 48.3 Å². The Morgan fingerprint density at radius 1 is 1.40 bits per heavy atom. The molecule has 0 fully saturated rings. The highest BCUT2D eigenvalue weighted by Crippen LogP contribution is 2.00. The van der Waals surface area contributed by atoms with Gasteiger partial charge in [0.25, 0.3) is 0 Å². The molecule has 0 spiro atoms. The number of carbonyl (C=O) groups excluding carboxylic acids is 1. The predicted molar refractivity (Wildman–Crippen MR) is 55.6 cm³/mol. The molecule has 0 unspecified atom stereocenters. The lowest BCUT2D eigenvalue weighted by atomic mass is 10.2. The third kappa shape index (κ3) is 2.28. The molecule has 0 radical (unpaired) electrons. The minimum absolute atomic E-state index is 0.603. The Kier molecular flexibility index (Phi) is 2.88. The average molecular weight is 201 g/mol. The summed E-state index contributed by atoms with van der Waals surface area (Å²) in [5.74, 6) is 0. The minimum Gasteiger partial charge on any atom is -0.328 e. The lowest BCUT2D eigenvalue weighted by Crippen LogP contribution is -2.04. The number of aldehydes is 1. The third-order valence-corrected chi connectivity index (χ3v) is 2.20. The van der Waals surface area contributed by atoms with E-state index in [1.165, 1.54) is 0 Å². The number of nitrogens with zero attached hydrogens (tertiary/aromatic N) is 3. The maximum atomic E-state index is 10.6. The summed E-state index contributed by atoms with van der Waals surface area (Å²) in [6.45, 7) is 0.727. The van der Waals surface area contributed by atoms with Crippen molar-refractivity contribution in [2.75, 3.05) is 0 Å². The first-order valence-corrected chi connectivity index (χ1v) is 4.75. The molecule has 0 saturated heterocycles. The standard InChI is InChI=1S/C11H11N3O/c15-8-11-7-12-9-14(11)6-4-10-3-1-2-5-13-10/h1-3,5,7-9H,4,6H2. The minimum atomic E-state index is 0.603. The van der Waals surface area contributed by atoms with Crippen LogP contribution < -0.4 is 0 Å². The Morgan fingerprint density at radius 2 is 2.33 bits per heavy atom. The zero-order valence-electron chi connectivity index (χ0n) is 8.21. The van der Waals surface area contributed by atoms with Crippen LogP contribution in [0.2, 0.25) is 0 Å². The van der Waals surface area contributed by atoms with Crippen molar-refractivity contribution in [3.8, 4) is 0 Å². The quantitative estimate of drug-likeness (QED) is 0.701. The molecule has 15 heavy (non-hydrogen) atoms. The van der Waals surface area contributed by atoms with E-state index in [0.717, 1.165) is 24.9 Å². The Balaban J connectivity index is 2.02. The molecule has 76 valence electrons. The molecular formula is C11H11N3O. The van der Waals surface area contributed by atoms with Gasteiger partial charge in [-0.25, -0.2) is 4.98 Å². The molecule has 0 aliphatic carbocycles. The summed E-state index contributed by atoms with van der Waals surface area (Å²) >= 11 is 0. The van der Waals surface area contributed by atoms with E-state index in [1.807, 2.05) is 22.8 Å². The van der Waals surface area contributed by atoms with Gasteiger partial charge in [-0.1, -0.05) is 6.07 Å². The van der Waals surface area contributed by atoms with Crippen LogP contribution in [0, 0.1) is 0 Å². The van der Waals surface area contributed by atoms with Gasteiger partial charge in [-0.2, -0.15) is 0 Å². The first-order valence-electron chi connectivity index (χ1n) is 4.75. The summed E-state index contributed by atoms with van der Waals surface area (Å²) in [7, 11) is 0. The van der Waals surface area contributed by atoms with Crippen molar-refractivity contribution < 1.29 is 4.79 Å². The van der Waals surface area contributed by atoms with E-state index in [1.54, 1.807) is 18.7 Å². The lowest BCUT2D eigenvalue weighted by molar-refractivity contribution is 0.111. The SMILES string of the molecule is O=Cc1cncn1CCc1ccccn1. The van der Waals surface area contributed by atoms with Crippen LogP contribution in [0.5, 0.6) is 0 Å². The van der Waals surface area contributed by atoms with Crippen molar-refractivity contribution in [2.45, 2.75) is 13.0 Å². The molecule has 2 aromatic rings. The smallest absolute Gasteiger partial charge is 0.168 e. The lowest BCUT2D eigenvalue weighted by Gasteiger charge is -2.03. The zero-order valence-corrected chi connectivity index (χ0v) is 8.21. The van der Waals surface area contributed by atoms with Crippen molar-refractivity contribution in [2.24, 2.45) is 0 Å². The average Bonchev–Trinajstić information content (AvgIpc) is 2.75. The van der Waals surface area contributed by atoms with E-state index < -0.39 is 0 Å².